The van der Waals surface area contributed by atoms with Crippen LogP contribution in [0.3, 0.4) is 0 Å². The molecule has 0 bridgehead atoms. The molecule has 4 aromatic rings. The Bertz CT molecular complexity index is 977. The number of fused-ring (bicyclic) bond motifs is 3. The molecule has 0 radical (unpaired) electrons. The quantitative estimate of drug-likeness (QED) is 0.567. The molecular weight excluding hydrogens is 292 g/mol. The van der Waals surface area contributed by atoms with Crippen molar-refractivity contribution in [3.63, 3.8) is 0 Å². The molecule has 0 saturated heterocycles. The number of phenolic OH excluding ortho intramolecular Hbond substituents is 1. The summed E-state index contributed by atoms with van der Waals surface area (Å²) in [7, 11) is 0. The summed E-state index contributed by atoms with van der Waals surface area (Å²) in [4.78, 5) is 3.45. The Morgan fingerprint density at radius 3 is 2.41 bits per heavy atom. The van der Waals surface area contributed by atoms with Gasteiger partial charge in [-0.15, -0.1) is 0 Å². The molecule has 0 unspecified atom stereocenters. The molecule has 3 nitrogen and oxygen atoms in total. The highest BCUT2D eigenvalue weighted by Gasteiger charge is 2.18. The number of anilines is 2. The number of benzene rings is 3. The largest absolute Gasteiger partial charge is 0.507 e. The van der Waals surface area contributed by atoms with Crippen LogP contribution in [0.25, 0.3) is 21.0 Å². The number of hydrogen-bond acceptors (Lipinski definition) is 3. The number of nitrogens with one attached hydrogen (secondary N) is 2. The highest BCUT2D eigenvalue weighted by Crippen LogP contribution is 2.39. The third-order valence-electron chi connectivity index (χ3n) is 3.85. The fourth-order valence-corrected chi connectivity index (χ4v) is 3.77. The molecular formula is C18H15N2OS+. The molecule has 4 rings (SSSR count). The summed E-state index contributed by atoms with van der Waals surface area (Å²) in [6.45, 7) is 1.96. The molecule has 3 aromatic carbocycles. The van der Waals surface area contributed by atoms with Gasteiger partial charge in [-0.2, -0.15) is 0 Å². The minimum absolute atomic E-state index is 0.365. The molecule has 0 aliphatic rings. The summed E-state index contributed by atoms with van der Waals surface area (Å²) in [5.41, 5.74) is 3.02. The zero-order valence-corrected chi connectivity index (χ0v) is 12.9. The van der Waals surface area contributed by atoms with Crippen molar-refractivity contribution in [2.75, 3.05) is 5.32 Å². The van der Waals surface area contributed by atoms with Crippen LogP contribution in [-0.4, -0.2) is 5.11 Å². The van der Waals surface area contributed by atoms with Gasteiger partial charge in [-0.25, -0.2) is 10.3 Å². The predicted octanol–water partition coefficient (Wildman–Crippen LogP) is 4.63. The Morgan fingerprint density at radius 1 is 0.955 bits per heavy atom. The van der Waals surface area contributed by atoms with Crippen molar-refractivity contribution in [1.82, 2.24) is 0 Å². The molecule has 0 aliphatic heterocycles. The molecule has 3 N–H and O–H groups in total. The maximum atomic E-state index is 10.4. The first-order valence-electron chi connectivity index (χ1n) is 7.12. The van der Waals surface area contributed by atoms with Gasteiger partial charge in [0, 0.05) is 16.3 Å². The summed E-state index contributed by atoms with van der Waals surface area (Å²) < 4.78 is 1.08. The molecule has 0 amide bonds. The lowest BCUT2D eigenvalue weighted by Gasteiger charge is -2.04. The molecule has 4 heteroatoms. The summed E-state index contributed by atoms with van der Waals surface area (Å²) in [5, 5.41) is 16.7. The maximum Gasteiger partial charge on any atom is 0.337 e. The third-order valence-corrected chi connectivity index (χ3v) is 4.97. The summed E-state index contributed by atoms with van der Waals surface area (Å²) in [6.07, 6.45) is 0. The van der Waals surface area contributed by atoms with Crippen LogP contribution in [0.1, 0.15) is 5.56 Å². The fraction of sp³-hybridized carbons (Fsp3) is 0.0556. The molecule has 0 aliphatic carbocycles. The van der Waals surface area contributed by atoms with Crippen molar-refractivity contribution in [2.45, 2.75) is 6.92 Å². The summed E-state index contributed by atoms with van der Waals surface area (Å²) in [5.74, 6) is 0.365. The topological polar surface area (TPSA) is 46.4 Å². The molecule has 108 valence electrons. The number of aryl methyl sites for hydroxylation is 1. The Morgan fingerprint density at radius 2 is 1.64 bits per heavy atom. The lowest BCUT2D eigenvalue weighted by atomic mass is 10.0. The van der Waals surface area contributed by atoms with Gasteiger partial charge in [0.2, 0.25) is 0 Å². The highest BCUT2D eigenvalue weighted by molar-refractivity contribution is 7.22. The number of phenols is 1. The minimum Gasteiger partial charge on any atom is -0.507 e. The highest BCUT2D eigenvalue weighted by atomic mass is 32.1. The zero-order chi connectivity index (χ0) is 15.1. The van der Waals surface area contributed by atoms with E-state index in [0.29, 0.717) is 5.75 Å². The van der Waals surface area contributed by atoms with E-state index >= 15 is 0 Å². The van der Waals surface area contributed by atoms with Gasteiger partial charge in [-0.3, -0.25) is 0 Å². The normalized spacial score (nSPS) is 11.1. The van der Waals surface area contributed by atoms with Crippen LogP contribution in [-0.2, 0) is 0 Å². The second kappa shape index (κ2) is 5.00. The van der Waals surface area contributed by atoms with E-state index in [1.807, 2.05) is 61.5 Å². The lowest BCUT2D eigenvalue weighted by molar-refractivity contribution is -0.320. The van der Waals surface area contributed by atoms with Crippen LogP contribution in [0.15, 0.2) is 54.6 Å². The van der Waals surface area contributed by atoms with Gasteiger partial charge in [0.25, 0.3) is 0 Å². The second-order valence-electron chi connectivity index (χ2n) is 5.27. The van der Waals surface area contributed by atoms with E-state index in [9.17, 15) is 5.11 Å². The fourth-order valence-electron chi connectivity index (χ4n) is 2.73. The monoisotopic (exact) mass is 307 g/mol. The van der Waals surface area contributed by atoms with E-state index in [0.717, 1.165) is 37.4 Å². The smallest absolute Gasteiger partial charge is 0.337 e. The van der Waals surface area contributed by atoms with E-state index in [-0.39, 0.29) is 0 Å². The predicted molar refractivity (Wildman–Crippen MR) is 92.0 cm³/mol. The van der Waals surface area contributed by atoms with Gasteiger partial charge in [-0.1, -0.05) is 36.4 Å². The summed E-state index contributed by atoms with van der Waals surface area (Å²) in [6, 6.07) is 18.0. The first kappa shape index (κ1) is 13.1. The van der Waals surface area contributed by atoms with Crippen molar-refractivity contribution in [2.24, 2.45) is 0 Å². The standard InChI is InChI=1S/C18H14N2OS/c1-11-16(21)14-10-6-5-9-13(14)15-17(11)22-18(20-15)19-12-7-3-2-4-8-12/h2-10,21H,1H3,(H,19,20)/p+1. The van der Waals surface area contributed by atoms with Crippen molar-refractivity contribution < 1.29 is 10.1 Å². The van der Waals surface area contributed by atoms with Crippen molar-refractivity contribution in [1.29, 1.82) is 0 Å². The van der Waals surface area contributed by atoms with Gasteiger partial charge >= 0.3 is 5.13 Å². The lowest BCUT2D eigenvalue weighted by Crippen LogP contribution is -2.05. The number of hydrogen-bond donors (Lipinski definition) is 2. The van der Waals surface area contributed by atoms with Crippen LogP contribution in [0.4, 0.5) is 10.8 Å². The van der Waals surface area contributed by atoms with Crippen LogP contribution in [0.5, 0.6) is 5.75 Å². The van der Waals surface area contributed by atoms with E-state index in [1.165, 1.54) is 0 Å². The van der Waals surface area contributed by atoms with E-state index in [2.05, 4.69) is 10.3 Å². The molecule has 0 fully saturated rings. The average Bonchev–Trinajstić information content (AvgIpc) is 2.98. The molecule has 0 saturated carbocycles. The van der Waals surface area contributed by atoms with Crippen molar-refractivity contribution in [3.8, 4) is 5.75 Å². The molecule has 22 heavy (non-hydrogen) atoms. The molecule has 1 aromatic heterocycles. The number of para-hydroxylation sites is 1. The molecule has 1 heterocycles. The SMILES string of the molecule is Cc1c(O)c2ccccc2c2[nH+]c(Nc3ccccc3)sc12. The third kappa shape index (κ3) is 2.00. The minimum atomic E-state index is 0.365. The number of aromatic hydroxyl groups is 1. The zero-order valence-electron chi connectivity index (χ0n) is 12.1. The van der Waals surface area contributed by atoms with Crippen LogP contribution < -0.4 is 10.3 Å². The second-order valence-corrected chi connectivity index (χ2v) is 6.29. The van der Waals surface area contributed by atoms with Gasteiger partial charge in [0.1, 0.15) is 11.4 Å². The number of rotatable bonds is 2. The van der Waals surface area contributed by atoms with Crippen LogP contribution in [0, 0.1) is 6.92 Å². The Labute approximate surface area is 131 Å². The summed E-state index contributed by atoms with van der Waals surface area (Å²) >= 11 is 1.62. The number of aromatic amines is 1. The van der Waals surface area contributed by atoms with Crippen LogP contribution >= 0.6 is 11.3 Å². The molecule has 0 atom stereocenters. The number of aromatic nitrogens is 1. The maximum absolute atomic E-state index is 10.4. The van der Waals surface area contributed by atoms with Gasteiger partial charge in [0.15, 0.2) is 5.52 Å². The van der Waals surface area contributed by atoms with E-state index < -0.39 is 0 Å². The van der Waals surface area contributed by atoms with Crippen molar-refractivity contribution in [3.05, 3.63) is 60.2 Å². The first-order valence-corrected chi connectivity index (χ1v) is 7.94. The Kier molecular flexibility index (Phi) is 2.98. The van der Waals surface area contributed by atoms with E-state index in [4.69, 9.17) is 0 Å². The molecule has 0 spiro atoms. The average molecular weight is 307 g/mol. The van der Waals surface area contributed by atoms with Crippen LogP contribution in [0.2, 0.25) is 0 Å². The van der Waals surface area contributed by atoms with Gasteiger partial charge in [-0.05, 0) is 36.5 Å². The number of thiazole rings is 1. The Hall–Kier alpha value is -2.59. The van der Waals surface area contributed by atoms with Gasteiger partial charge < -0.3 is 5.11 Å². The number of H-pyrrole nitrogens is 1. The first-order chi connectivity index (χ1) is 10.7. The van der Waals surface area contributed by atoms with Gasteiger partial charge in [0.05, 0.1) is 4.70 Å². The van der Waals surface area contributed by atoms with E-state index in [1.54, 1.807) is 11.3 Å². The Balaban J connectivity index is 1.94. The van der Waals surface area contributed by atoms with Crippen molar-refractivity contribution >= 4 is 43.1 Å².